The first-order valence-electron chi connectivity index (χ1n) is 6.54. The monoisotopic (exact) mass is 302 g/mol. The van der Waals surface area contributed by atoms with E-state index in [9.17, 15) is 4.79 Å². The van der Waals surface area contributed by atoms with Crippen molar-refractivity contribution in [2.75, 3.05) is 14.2 Å². The molecule has 0 radical (unpaired) electrons. The lowest BCUT2D eigenvalue weighted by atomic mass is 10.1. The second-order valence-corrected chi connectivity index (χ2v) is 5.12. The van der Waals surface area contributed by atoms with Crippen molar-refractivity contribution in [3.63, 3.8) is 0 Å². The van der Waals surface area contributed by atoms with Gasteiger partial charge in [-0.2, -0.15) is 4.58 Å². The van der Waals surface area contributed by atoms with E-state index in [1.807, 2.05) is 31.2 Å². The fraction of sp³-hybridized carbons (Fsp3) is 0.176. The van der Waals surface area contributed by atoms with Crippen LogP contribution in [-0.4, -0.2) is 30.4 Å². The number of carbonyl (C=O) groups excluding carboxylic acids is 1. The van der Waals surface area contributed by atoms with Crippen molar-refractivity contribution in [1.29, 1.82) is 0 Å². The predicted octanol–water partition coefficient (Wildman–Crippen LogP) is 3.64. The largest absolute Gasteiger partial charge is 0.497 e. The van der Waals surface area contributed by atoms with E-state index in [4.69, 9.17) is 16.3 Å². The molecule has 108 valence electrons. The molecule has 0 unspecified atom stereocenters. The van der Waals surface area contributed by atoms with Crippen molar-refractivity contribution in [1.82, 2.24) is 0 Å². The molecule has 0 aliphatic heterocycles. The second-order valence-electron chi connectivity index (χ2n) is 4.68. The summed E-state index contributed by atoms with van der Waals surface area (Å²) in [5.74, 6) is 0.721. The highest BCUT2D eigenvalue weighted by Gasteiger charge is 2.19. The summed E-state index contributed by atoms with van der Waals surface area (Å²) in [6.07, 6.45) is 0. The highest BCUT2D eigenvalue weighted by atomic mass is 35.5. The van der Waals surface area contributed by atoms with Gasteiger partial charge in [-0.25, -0.2) is 4.79 Å². The van der Waals surface area contributed by atoms with E-state index in [1.165, 1.54) is 0 Å². The molecular formula is C17H17ClNO2+. The van der Waals surface area contributed by atoms with Crippen molar-refractivity contribution in [3.8, 4) is 5.75 Å². The first-order valence-corrected chi connectivity index (χ1v) is 6.92. The van der Waals surface area contributed by atoms with E-state index in [2.05, 4.69) is 0 Å². The van der Waals surface area contributed by atoms with Crippen LogP contribution in [-0.2, 0) is 0 Å². The van der Waals surface area contributed by atoms with Crippen LogP contribution in [0.5, 0.6) is 5.75 Å². The number of benzene rings is 2. The lowest BCUT2D eigenvalue weighted by Gasteiger charge is -2.03. The van der Waals surface area contributed by atoms with E-state index < -0.39 is 0 Å². The fourth-order valence-electron chi connectivity index (χ4n) is 1.96. The number of halogens is 1. The zero-order valence-corrected chi connectivity index (χ0v) is 13.0. The van der Waals surface area contributed by atoms with Crippen molar-refractivity contribution in [3.05, 3.63) is 64.7 Å². The standard InChI is InChI=1S/C17H17ClNO2/c1-12(13-6-10-16(21-3)11-7-13)19(2)17(20)14-4-8-15(18)9-5-14/h4-11H,1-3H3/q+1. The predicted molar refractivity (Wildman–Crippen MR) is 84.7 cm³/mol. The van der Waals surface area contributed by atoms with E-state index in [1.54, 1.807) is 43.0 Å². The summed E-state index contributed by atoms with van der Waals surface area (Å²) in [4.78, 5) is 12.4. The SMILES string of the molecule is COc1ccc(C(C)=[N+](C)C(=O)c2ccc(Cl)cc2)cc1. The van der Waals surface area contributed by atoms with Crippen molar-refractivity contribution >= 4 is 23.2 Å². The molecule has 2 rings (SSSR count). The van der Waals surface area contributed by atoms with E-state index in [0.29, 0.717) is 10.6 Å². The Labute approximate surface area is 129 Å². The summed E-state index contributed by atoms with van der Waals surface area (Å²) in [5, 5.41) is 0.616. The molecule has 0 saturated carbocycles. The number of nitrogens with zero attached hydrogens (tertiary/aromatic N) is 1. The second kappa shape index (κ2) is 6.55. The van der Waals surface area contributed by atoms with Crippen LogP contribution in [0.2, 0.25) is 5.02 Å². The van der Waals surface area contributed by atoms with Gasteiger partial charge in [-0.3, -0.25) is 0 Å². The topological polar surface area (TPSA) is 29.3 Å². The molecule has 3 nitrogen and oxygen atoms in total. The van der Waals surface area contributed by atoms with Crippen LogP contribution in [0.3, 0.4) is 0 Å². The first kappa shape index (κ1) is 15.3. The number of rotatable bonds is 3. The molecule has 0 saturated heterocycles. The minimum absolute atomic E-state index is 0.0695. The summed E-state index contributed by atoms with van der Waals surface area (Å²) < 4.78 is 6.77. The van der Waals surface area contributed by atoms with Crippen LogP contribution in [0.15, 0.2) is 48.5 Å². The van der Waals surface area contributed by atoms with Crippen molar-refractivity contribution in [2.24, 2.45) is 0 Å². The molecule has 0 N–H and O–H groups in total. The highest BCUT2D eigenvalue weighted by Crippen LogP contribution is 2.13. The van der Waals surface area contributed by atoms with Crippen LogP contribution in [0, 0.1) is 0 Å². The lowest BCUT2D eigenvalue weighted by molar-refractivity contribution is -0.394. The van der Waals surface area contributed by atoms with E-state index >= 15 is 0 Å². The molecule has 0 aromatic heterocycles. The molecule has 0 heterocycles. The number of hydrogen-bond donors (Lipinski definition) is 0. The fourth-order valence-corrected chi connectivity index (χ4v) is 2.09. The molecular weight excluding hydrogens is 286 g/mol. The average Bonchev–Trinajstić information content (AvgIpc) is 2.53. The van der Waals surface area contributed by atoms with Crippen molar-refractivity contribution < 1.29 is 14.1 Å². The quantitative estimate of drug-likeness (QED) is 0.640. The summed E-state index contributed by atoms with van der Waals surface area (Å²) in [6.45, 7) is 1.91. The maximum Gasteiger partial charge on any atom is 0.419 e. The van der Waals surface area contributed by atoms with Gasteiger partial charge in [0.1, 0.15) is 12.8 Å². The Hall–Kier alpha value is -2.13. The van der Waals surface area contributed by atoms with Gasteiger partial charge in [0.15, 0.2) is 5.71 Å². The summed E-state index contributed by atoms with van der Waals surface area (Å²) in [7, 11) is 3.39. The Morgan fingerprint density at radius 2 is 1.52 bits per heavy atom. The Kier molecular flexibility index (Phi) is 4.76. The Bertz CT molecular complexity index is 673. The van der Waals surface area contributed by atoms with Crippen LogP contribution in [0.1, 0.15) is 22.8 Å². The maximum absolute atomic E-state index is 12.4. The third-order valence-corrected chi connectivity index (χ3v) is 3.66. The third-order valence-electron chi connectivity index (χ3n) is 3.41. The minimum atomic E-state index is -0.0695. The van der Waals surface area contributed by atoms with Gasteiger partial charge in [-0.05, 0) is 48.5 Å². The zero-order chi connectivity index (χ0) is 15.4. The molecule has 21 heavy (non-hydrogen) atoms. The van der Waals surface area contributed by atoms with Gasteiger partial charge in [0.2, 0.25) is 0 Å². The number of methoxy groups -OCH3 is 1. The van der Waals surface area contributed by atoms with Gasteiger partial charge in [0.05, 0.1) is 12.7 Å². The van der Waals surface area contributed by atoms with E-state index in [-0.39, 0.29) is 5.91 Å². The van der Waals surface area contributed by atoms with Gasteiger partial charge in [-0.15, -0.1) is 0 Å². The molecule has 4 heteroatoms. The van der Waals surface area contributed by atoms with Gasteiger partial charge < -0.3 is 4.74 Å². The zero-order valence-electron chi connectivity index (χ0n) is 12.3. The van der Waals surface area contributed by atoms with Gasteiger partial charge >= 0.3 is 5.91 Å². The van der Waals surface area contributed by atoms with Crippen LogP contribution in [0.25, 0.3) is 0 Å². The maximum atomic E-state index is 12.4. The van der Waals surface area contributed by atoms with Gasteiger partial charge in [-0.1, -0.05) is 11.6 Å². The molecule has 2 aromatic carbocycles. The van der Waals surface area contributed by atoms with E-state index in [0.717, 1.165) is 17.0 Å². The van der Waals surface area contributed by atoms with Gasteiger partial charge in [0, 0.05) is 17.5 Å². The smallest absolute Gasteiger partial charge is 0.419 e. The summed E-state index contributed by atoms with van der Waals surface area (Å²) in [5.41, 5.74) is 2.45. The first-order chi connectivity index (χ1) is 10.0. The number of amides is 1. The summed E-state index contributed by atoms with van der Waals surface area (Å²) >= 11 is 5.84. The molecule has 0 bridgehead atoms. The molecule has 0 fully saturated rings. The number of hydrogen-bond acceptors (Lipinski definition) is 2. The van der Waals surface area contributed by atoms with Crippen LogP contribution >= 0.6 is 11.6 Å². The summed E-state index contributed by atoms with van der Waals surface area (Å²) in [6, 6.07) is 14.5. The van der Waals surface area contributed by atoms with Crippen LogP contribution in [0.4, 0.5) is 0 Å². The number of carbonyl (C=O) groups is 1. The Morgan fingerprint density at radius 3 is 2.05 bits per heavy atom. The van der Waals surface area contributed by atoms with Crippen LogP contribution < -0.4 is 4.74 Å². The Balaban J connectivity index is 2.32. The average molecular weight is 303 g/mol. The molecule has 0 spiro atoms. The minimum Gasteiger partial charge on any atom is -0.497 e. The Morgan fingerprint density at radius 1 is 1.00 bits per heavy atom. The molecule has 0 aliphatic carbocycles. The third kappa shape index (κ3) is 3.50. The molecule has 0 aliphatic rings. The van der Waals surface area contributed by atoms with Gasteiger partial charge in [0.25, 0.3) is 0 Å². The normalized spacial score (nSPS) is 11.8. The molecule has 1 amide bonds. The lowest BCUT2D eigenvalue weighted by Crippen LogP contribution is -2.23. The highest BCUT2D eigenvalue weighted by molar-refractivity contribution is 6.30. The number of ether oxygens (including phenoxy) is 1. The molecule has 0 atom stereocenters. The van der Waals surface area contributed by atoms with Crippen molar-refractivity contribution in [2.45, 2.75) is 6.92 Å². The molecule has 2 aromatic rings.